The fourth-order valence-corrected chi connectivity index (χ4v) is 7.17. The van der Waals surface area contributed by atoms with Gasteiger partial charge in [0.1, 0.15) is 0 Å². The van der Waals surface area contributed by atoms with E-state index in [0.29, 0.717) is 0 Å². The molecule has 0 N–H and O–H groups in total. The topological polar surface area (TPSA) is 0 Å². The van der Waals surface area contributed by atoms with Crippen LogP contribution >= 0.6 is 0 Å². The lowest BCUT2D eigenvalue weighted by Gasteiger charge is -2.53. The zero-order valence-electron chi connectivity index (χ0n) is 14.4. The molecule has 0 bridgehead atoms. The summed E-state index contributed by atoms with van der Waals surface area (Å²) in [6.07, 6.45) is 17.3. The maximum absolute atomic E-state index is 2.53. The summed E-state index contributed by atoms with van der Waals surface area (Å²) in [7, 11) is 0. The zero-order chi connectivity index (χ0) is 14.4. The second-order valence-corrected chi connectivity index (χ2v) is 9.51. The first kappa shape index (κ1) is 14.6. The summed E-state index contributed by atoms with van der Waals surface area (Å²) in [5.74, 6) is 8.83. The Bertz CT molecular complexity index is 359. The molecule has 0 aliphatic heterocycles. The van der Waals surface area contributed by atoms with Crippen LogP contribution in [0.1, 0.15) is 84.5 Å². The van der Waals surface area contributed by atoms with Gasteiger partial charge in [0.25, 0.3) is 0 Å². The number of fused-ring (bicyclic) bond motifs is 5. The van der Waals surface area contributed by atoms with Gasteiger partial charge < -0.3 is 0 Å². The third kappa shape index (κ3) is 2.70. The van der Waals surface area contributed by atoms with Gasteiger partial charge in [-0.1, -0.05) is 33.1 Å². The Morgan fingerprint density at radius 3 is 1.67 bits per heavy atom. The van der Waals surface area contributed by atoms with Crippen molar-refractivity contribution in [2.75, 3.05) is 0 Å². The smallest absolute Gasteiger partial charge is 0.0352 e. The molecule has 4 aliphatic carbocycles. The Morgan fingerprint density at radius 2 is 0.905 bits per heavy atom. The fraction of sp³-hybridized carbons (Fsp3) is 1.00. The summed E-state index contributed by atoms with van der Waals surface area (Å²) in [6, 6.07) is 0. The zero-order valence-corrected chi connectivity index (χ0v) is 14.4. The fourth-order valence-electron chi connectivity index (χ4n) is 7.17. The quantitative estimate of drug-likeness (QED) is 0.490. The van der Waals surface area contributed by atoms with Gasteiger partial charge in [-0.25, -0.2) is 0 Å². The molecule has 0 aromatic carbocycles. The summed E-state index contributed by atoms with van der Waals surface area (Å²) < 4.78 is 0. The number of hydrogen-bond acceptors (Lipinski definition) is 0. The van der Waals surface area contributed by atoms with Crippen molar-refractivity contribution in [2.24, 2.45) is 47.3 Å². The predicted octanol–water partition coefficient (Wildman–Crippen LogP) is 6.30. The van der Waals surface area contributed by atoms with E-state index in [9.17, 15) is 0 Å². The molecule has 0 aromatic rings. The molecule has 120 valence electrons. The predicted molar refractivity (Wildman–Crippen MR) is 90.1 cm³/mol. The van der Waals surface area contributed by atoms with E-state index >= 15 is 0 Å². The van der Waals surface area contributed by atoms with E-state index in [1.165, 1.54) is 19.3 Å². The monoisotopic (exact) mass is 288 g/mol. The van der Waals surface area contributed by atoms with E-state index in [2.05, 4.69) is 13.8 Å². The molecule has 4 saturated carbocycles. The van der Waals surface area contributed by atoms with Crippen molar-refractivity contribution < 1.29 is 0 Å². The average Bonchev–Trinajstić information content (AvgIpc) is 2.69. The van der Waals surface area contributed by atoms with E-state index in [0.717, 1.165) is 47.3 Å². The molecule has 0 nitrogen and oxygen atoms in total. The summed E-state index contributed by atoms with van der Waals surface area (Å²) in [6.45, 7) is 5.04. The Morgan fingerprint density at radius 1 is 0.429 bits per heavy atom. The second-order valence-electron chi connectivity index (χ2n) is 9.51. The van der Waals surface area contributed by atoms with Crippen LogP contribution in [0.4, 0.5) is 0 Å². The van der Waals surface area contributed by atoms with Gasteiger partial charge in [0.2, 0.25) is 0 Å². The molecule has 21 heavy (non-hydrogen) atoms. The minimum Gasteiger partial charge on any atom is -0.0625 e. The minimum atomic E-state index is 1.01. The molecule has 0 saturated heterocycles. The highest BCUT2D eigenvalue weighted by Crippen LogP contribution is 2.57. The second kappa shape index (κ2) is 5.89. The molecular formula is C21H36. The molecule has 0 amide bonds. The number of hydrogen-bond donors (Lipinski definition) is 0. The van der Waals surface area contributed by atoms with Gasteiger partial charge in [0.15, 0.2) is 0 Å². The Labute approximate surface area is 132 Å². The summed E-state index contributed by atoms with van der Waals surface area (Å²) >= 11 is 0. The molecule has 0 spiro atoms. The van der Waals surface area contributed by atoms with Crippen LogP contribution in [-0.4, -0.2) is 0 Å². The number of rotatable bonds is 0. The lowest BCUT2D eigenvalue weighted by molar-refractivity contribution is -0.0384. The van der Waals surface area contributed by atoms with Crippen LogP contribution in [0.25, 0.3) is 0 Å². The first-order valence-corrected chi connectivity index (χ1v) is 10.2. The third-order valence-electron chi connectivity index (χ3n) is 8.33. The normalized spacial score (nSPS) is 54.0. The van der Waals surface area contributed by atoms with Crippen LogP contribution < -0.4 is 0 Å². The van der Waals surface area contributed by atoms with Crippen LogP contribution in [-0.2, 0) is 0 Å². The van der Waals surface area contributed by atoms with E-state index in [1.54, 1.807) is 51.4 Å². The van der Waals surface area contributed by atoms with Gasteiger partial charge in [0, 0.05) is 0 Å². The van der Waals surface area contributed by atoms with E-state index < -0.39 is 0 Å². The van der Waals surface area contributed by atoms with Crippen molar-refractivity contribution in [2.45, 2.75) is 84.5 Å². The molecular weight excluding hydrogens is 252 g/mol. The molecule has 4 rings (SSSR count). The van der Waals surface area contributed by atoms with Gasteiger partial charge >= 0.3 is 0 Å². The molecule has 8 atom stereocenters. The van der Waals surface area contributed by atoms with Crippen molar-refractivity contribution in [1.82, 2.24) is 0 Å². The summed E-state index contributed by atoms with van der Waals surface area (Å²) in [4.78, 5) is 0. The minimum absolute atomic E-state index is 1.01. The average molecular weight is 289 g/mol. The van der Waals surface area contributed by atoms with Crippen LogP contribution in [0.5, 0.6) is 0 Å². The third-order valence-corrected chi connectivity index (χ3v) is 8.33. The standard InChI is InChI=1S/C21H36/c1-14-3-6-16-8-12-20-19(18(16)10-5-14)11-9-17-7-4-15(2)13-21(17)20/h14-21H,3-13H2,1-2H3. The molecule has 0 radical (unpaired) electrons. The molecule has 0 heterocycles. The van der Waals surface area contributed by atoms with E-state index in [4.69, 9.17) is 0 Å². The van der Waals surface area contributed by atoms with Crippen molar-refractivity contribution in [3.8, 4) is 0 Å². The van der Waals surface area contributed by atoms with Crippen LogP contribution in [0.2, 0.25) is 0 Å². The first-order chi connectivity index (χ1) is 10.2. The molecule has 4 fully saturated rings. The molecule has 0 heteroatoms. The largest absolute Gasteiger partial charge is 0.0625 e. The van der Waals surface area contributed by atoms with Crippen LogP contribution in [0, 0.1) is 47.3 Å². The van der Waals surface area contributed by atoms with E-state index in [-0.39, 0.29) is 0 Å². The highest BCUT2D eigenvalue weighted by molar-refractivity contribution is 4.98. The van der Waals surface area contributed by atoms with Gasteiger partial charge in [-0.3, -0.25) is 0 Å². The molecule has 4 aliphatic rings. The van der Waals surface area contributed by atoms with E-state index in [1.807, 2.05) is 0 Å². The lowest BCUT2D eigenvalue weighted by Crippen LogP contribution is -2.45. The van der Waals surface area contributed by atoms with Crippen molar-refractivity contribution >= 4 is 0 Å². The SMILES string of the molecule is CC1CCC2CCC3C4CC(C)CCC4CCC3C2CC1. The maximum Gasteiger partial charge on any atom is -0.0352 e. The van der Waals surface area contributed by atoms with Crippen molar-refractivity contribution in [3.63, 3.8) is 0 Å². The van der Waals surface area contributed by atoms with Crippen LogP contribution in [0.15, 0.2) is 0 Å². The molecule has 8 unspecified atom stereocenters. The Balaban J connectivity index is 1.52. The Kier molecular flexibility index (Phi) is 4.09. The summed E-state index contributed by atoms with van der Waals surface area (Å²) in [5.41, 5.74) is 0. The first-order valence-electron chi connectivity index (χ1n) is 10.2. The highest BCUT2D eigenvalue weighted by atomic mass is 14.5. The van der Waals surface area contributed by atoms with Gasteiger partial charge in [-0.05, 0) is 98.7 Å². The van der Waals surface area contributed by atoms with Crippen molar-refractivity contribution in [1.29, 1.82) is 0 Å². The van der Waals surface area contributed by atoms with Crippen LogP contribution in [0.3, 0.4) is 0 Å². The van der Waals surface area contributed by atoms with Crippen molar-refractivity contribution in [3.05, 3.63) is 0 Å². The maximum atomic E-state index is 2.53. The van der Waals surface area contributed by atoms with Gasteiger partial charge in [0.05, 0.1) is 0 Å². The lowest BCUT2D eigenvalue weighted by atomic mass is 9.52. The van der Waals surface area contributed by atoms with Gasteiger partial charge in [-0.15, -0.1) is 0 Å². The molecule has 0 aromatic heterocycles. The highest BCUT2D eigenvalue weighted by Gasteiger charge is 2.48. The van der Waals surface area contributed by atoms with Gasteiger partial charge in [-0.2, -0.15) is 0 Å². The Hall–Kier alpha value is 0. The summed E-state index contributed by atoms with van der Waals surface area (Å²) in [5, 5.41) is 0.